The average molecular weight is 336 g/mol. The summed E-state index contributed by atoms with van der Waals surface area (Å²) in [5.41, 5.74) is 0.736. The molecule has 1 aliphatic carbocycles. The summed E-state index contributed by atoms with van der Waals surface area (Å²) in [6.07, 6.45) is 6.32. The highest BCUT2D eigenvalue weighted by Gasteiger charge is 2.38. The average Bonchev–Trinajstić information content (AvgIpc) is 2.49. The molecule has 2 aliphatic rings. The van der Waals surface area contributed by atoms with Crippen LogP contribution in [0.15, 0.2) is 53.6 Å². The van der Waals surface area contributed by atoms with E-state index < -0.39 is 6.09 Å². The van der Waals surface area contributed by atoms with Crippen LogP contribution in [0.4, 0.5) is 10.5 Å². The molecule has 0 unspecified atom stereocenters. The van der Waals surface area contributed by atoms with Crippen molar-refractivity contribution in [2.75, 3.05) is 5.32 Å². The second kappa shape index (κ2) is 6.80. The van der Waals surface area contributed by atoms with Crippen LogP contribution in [-0.4, -0.2) is 22.7 Å². The third kappa shape index (κ3) is 3.68. The molecule has 3 nitrogen and oxygen atoms in total. The van der Waals surface area contributed by atoms with Gasteiger partial charge in [-0.2, -0.15) is 11.8 Å². The van der Waals surface area contributed by atoms with Crippen LogP contribution in [0.25, 0.3) is 0 Å². The van der Waals surface area contributed by atoms with E-state index >= 15 is 0 Å². The first-order valence-electron chi connectivity index (χ1n) is 7.35. The number of anilines is 1. The molecule has 1 saturated heterocycles. The number of amides is 1. The summed E-state index contributed by atoms with van der Waals surface area (Å²) >= 11 is 8.02. The highest BCUT2D eigenvalue weighted by Crippen LogP contribution is 2.41. The molecular weight excluding hydrogens is 318 g/mol. The first kappa shape index (κ1) is 15.5. The number of fused-ring (bicyclic) bond motifs is 1. The summed E-state index contributed by atoms with van der Waals surface area (Å²) in [6, 6.07) is 9.33. The van der Waals surface area contributed by atoms with Gasteiger partial charge in [0.2, 0.25) is 0 Å². The molecule has 3 rings (SSSR count). The standard InChI is InChI=1S/C17H18ClNO2S/c1-11-9-15(14-10-12(18)7-8-16(14)22-11)21-17(20)19-13-5-3-2-4-6-13/h2-8,10-11,14-16H,9H2,1H3,(H,19,20)/t11-,14+,15-,16+/m1/s1. The van der Waals surface area contributed by atoms with E-state index in [4.69, 9.17) is 16.3 Å². The van der Waals surface area contributed by atoms with Crippen LogP contribution in [0.2, 0.25) is 0 Å². The topological polar surface area (TPSA) is 38.3 Å². The SMILES string of the molecule is C[C@@H]1C[C@@H](OC(=O)Nc2ccccc2)[C@@H]2C=C(Cl)C=C[C@@H]2S1. The van der Waals surface area contributed by atoms with Crippen molar-refractivity contribution in [3.63, 3.8) is 0 Å². The molecule has 0 aromatic heterocycles. The number of carbonyl (C=O) groups excluding carboxylic acids is 1. The minimum absolute atomic E-state index is 0.139. The van der Waals surface area contributed by atoms with Crippen LogP contribution in [-0.2, 0) is 4.74 Å². The number of benzene rings is 1. The van der Waals surface area contributed by atoms with Crippen molar-refractivity contribution in [1.29, 1.82) is 0 Å². The molecule has 4 atom stereocenters. The van der Waals surface area contributed by atoms with Crippen LogP contribution in [0.3, 0.4) is 0 Å². The second-order valence-electron chi connectivity index (χ2n) is 5.57. The Morgan fingerprint density at radius 2 is 2.14 bits per heavy atom. The van der Waals surface area contributed by atoms with Gasteiger partial charge in [0.1, 0.15) is 6.10 Å². The first-order valence-corrected chi connectivity index (χ1v) is 8.67. The number of rotatable bonds is 2. The minimum Gasteiger partial charge on any atom is -0.445 e. The number of nitrogens with one attached hydrogen (secondary N) is 1. The number of halogens is 1. The molecule has 0 radical (unpaired) electrons. The third-order valence-electron chi connectivity index (χ3n) is 3.84. The van der Waals surface area contributed by atoms with Gasteiger partial charge in [0.25, 0.3) is 0 Å². The maximum absolute atomic E-state index is 12.1. The molecule has 1 heterocycles. The van der Waals surface area contributed by atoms with Crippen molar-refractivity contribution in [3.8, 4) is 0 Å². The lowest BCUT2D eigenvalue weighted by atomic mass is 9.90. The molecule has 1 aromatic rings. The maximum Gasteiger partial charge on any atom is 0.411 e. The quantitative estimate of drug-likeness (QED) is 0.843. The number of hydrogen-bond acceptors (Lipinski definition) is 3. The first-order chi connectivity index (χ1) is 10.6. The minimum atomic E-state index is -0.409. The molecule has 5 heteroatoms. The highest BCUT2D eigenvalue weighted by molar-refractivity contribution is 8.00. The lowest BCUT2D eigenvalue weighted by molar-refractivity contribution is 0.0782. The van der Waals surface area contributed by atoms with Crippen LogP contribution in [0, 0.1) is 5.92 Å². The summed E-state index contributed by atoms with van der Waals surface area (Å²) in [5.74, 6) is 0.139. The fourth-order valence-corrected chi connectivity index (χ4v) is 4.51. The van der Waals surface area contributed by atoms with E-state index in [-0.39, 0.29) is 12.0 Å². The van der Waals surface area contributed by atoms with Gasteiger partial charge < -0.3 is 4.74 Å². The third-order valence-corrected chi connectivity index (χ3v) is 5.53. The highest BCUT2D eigenvalue weighted by atomic mass is 35.5. The predicted octanol–water partition coefficient (Wildman–Crippen LogP) is 4.81. The van der Waals surface area contributed by atoms with Crippen molar-refractivity contribution in [1.82, 2.24) is 0 Å². The molecule has 116 valence electrons. The van der Waals surface area contributed by atoms with Crippen molar-refractivity contribution < 1.29 is 9.53 Å². The van der Waals surface area contributed by atoms with Crippen LogP contribution in [0.1, 0.15) is 13.3 Å². The Kier molecular flexibility index (Phi) is 4.79. The number of allylic oxidation sites excluding steroid dienone is 2. The van der Waals surface area contributed by atoms with Gasteiger partial charge in [-0.05, 0) is 24.6 Å². The van der Waals surface area contributed by atoms with E-state index in [2.05, 4.69) is 18.3 Å². The Hall–Kier alpha value is -1.39. The van der Waals surface area contributed by atoms with Crippen molar-refractivity contribution in [3.05, 3.63) is 53.6 Å². The number of ether oxygens (including phenoxy) is 1. The summed E-state index contributed by atoms with van der Waals surface area (Å²) in [7, 11) is 0. The van der Waals surface area contributed by atoms with E-state index in [1.165, 1.54) is 0 Å². The van der Waals surface area contributed by atoms with E-state index in [9.17, 15) is 4.79 Å². The van der Waals surface area contributed by atoms with Gasteiger partial charge in [-0.3, -0.25) is 5.32 Å². The van der Waals surface area contributed by atoms with Gasteiger partial charge in [-0.1, -0.05) is 48.9 Å². The van der Waals surface area contributed by atoms with Gasteiger partial charge in [-0.25, -0.2) is 4.79 Å². The van der Waals surface area contributed by atoms with Gasteiger partial charge in [0, 0.05) is 27.1 Å². The van der Waals surface area contributed by atoms with Crippen LogP contribution < -0.4 is 5.32 Å². The van der Waals surface area contributed by atoms with Gasteiger partial charge in [0.15, 0.2) is 0 Å². The second-order valence-corrected chi connectivity index (χ2v) is 7.63. The zero-order valence-corrected chi connectivity index (χ0v) is 13.8. The summed E-state index contributed by atoms with van der Waals surface area (Å²) in [5, 5.41) is 4.26. The number of para-hydroxylation sites is 1. The molecule has 0 spiro atoms. The predicted molar refractivity (Wildman–Crippen MR) is 92.4 cm³/mol. The van der Waals surface area contributed by atoms with Gasteiger partial charge in [-0.15, -0.1) is 0 Å². The molecule has 1 aliphatic heterocycles. The molecule has 1 amide bonds. The zero-order valence-electron chi connectivity index (χ0n) is 12.2. The monoisotopic (exact) mass is 335 g/mol. The zero-order chi connectivity index (χ0) is 15.5. The lowest BCUT2D eigenvalue weighted by Gasteiger charge is -2.38. The van der Waals surface area contributed by atoms with Crippen molar-refractivity contribution in [2.45, 2.75) is 29.9 Å². The summed E-state index contributed by atoms with van der Waals surface area (Å²) < 4.78 is 5.68. The number of thioether (sulfide) groups is 1. The Labute approximate surface area is 139 Å². The Morgan fingerprint density at radius 1 is 1.36 bits per heavy atom. The molecule has 22 heavy (non-hydrogen) atoms. The van der Waals surface area contributed by atoms with Crippen LogP contribution >= 0.6 is 23.4 Å². The van der Waals surface area contributed by atoms with Gasteiger partial charge in [0.05, 0.1) is 0 Å². The normalized spacial score (nSPS) is 30.2. The summed E-state index contributed by atoms with van der Waals surface area (Å²) in [4.78, 5) is 12.1. The largest absolute Gasteiger partial charge is 0.445 e. The van der Waals surface area contributed by atoms with E-state index in [0.717, 1.165) is 12.1 Å². The van der Waals surface area contributed by atoms with E-state index in [1.54, 1.807) is 0 Å². The smallest absolute Gasteiger partial charge is 0.411 e. The Morgan fingerprint density at radius 3 is 2.91 bits per heavy atom. The summed E-state index contributed by atoms with van der Waals surface area (Å²) in [6.45, 7) is 2.17. The molecule has 1 fully saturated rings. The fourth-order valence-electron chi connectivity index (χ4n) is 2.85. The van der Waals surface area contributed by atoms with Crippen molar-refractivity contribution >= 4 is 35.1 Å². The Balaban J connectivity index is 1.67. The maximum atomic E-state index is 12.1. The molecular formula is C17H18ClNO2S. The molecule has 0 bridgehead atoms. The molecule has 1 N–H and O–H groups in total. The van der Waals surface area contributed by atoms with E-state index in [1.807, 2.05) is 54.2 Å². The van der Waals surface area contributed by atoms with Gasteiger partial charge >= 0.3 is 6.09 Å². The molecule has 0 saturated carbocycles. The van der Waals surface area contributed by atoms with E-state index in [0.29, 0.717) is 15.5 Å². The van der Waals surface area contributed by atoms with Crippen molar-refractivity contribution in [2.24, 2.45) is 5.92 Å². The molecule has 1 aromatic carbocycles. The number of carbonyl (C=O) groups is 1. The number of hydrogen-bond donors (Lipinski definition) is 1. The fraction of sp³-hybridized carbons (Fsp3) is 0.353. The Bertz CT molecular complexity index is 602. The lowest BCUT2D eigenvalue weighted by Crippen LogP contribution is -2.40. The van der Waals surface area contributed by atoms with Crippen LogP contribution in [0.5, 0.6) is 0 Å².